The van der Waals surface area contributed by atoms with Gasteiger partial charge in [0.15, 0.2) is 0 Å². The van der Waals surface area contributed by atoms with Crippen molar-refractivity contribution >= 4 is 17.4 Å². The van der Waals surface area contributed by atoms with Crippen molar-refractivity contribution in [1.82, 2.24) is 9.78 Å². The minimum absolute atomic E-state index is 0.0819. The lowest BCUT2D eigenvalue weighted by Crippen LogP contribution is -2.11. The Bertz CT molecular complexity index is 534. The Hall–Kier alpha value is -1.61. The van der Waals surface area contributed by atoms with Gasteiger partial charge < -0.3 is 0 Å². The lowest BCUT2D eigenvalue weighted by atomic mass is 10.1. The molecule has 0 radical (unpaired) electrons. The molecule has 0 amide bonds. The summed E-state index contributed by atoms with van der Waals surface area (Å²) in [7, 11) is 0. The maximum atomic E-state index is 12.3. The monoisotopic (exact) mass is 248 g/mol. The molecule has 0 aliphatic heterocycles. The molecule has 2 rings (SSSR count). The quantitative estimate of drug-likeness (QED) is 0.779. The predicted molar refractivity (Wildman–Crippen MR) is 67.4 cm³/mol. The Balaban J connectivity index is 2.37. The minimum atomic E-state index is -0.0819. The average molecular weight is 249 g/mol. The van der Waals surface area contributed by atoms with Gasteiger partial charge in [-0.05, 0) is 24.6 Å². The summed E-state index contributed by atoms with van der Waals surface area (Å²) in [4.78, 5) is 12.3. The van der Waals surface area contributed by atoms with Gasteiger partial charge in [0.25, 0.3) is 0 Å². The average Bonchev–Trinajstić information content (AvgIpc) is 2.78. The van der Waals surface area contributed by atoms with E-state index in [0.29, 0.717) is 16.3 Å². The van der Waals surface area contributed by atoms with Gasteiger partial charge in [0.1, 0.15) is 5.69 Å². The number of ketones is 1. The van der Waals surface area contributed by atoms with Crippen LogP contribution in [-0.2, 0) is 6.54 Å². The fourth-order valence-corrected chi connectivity index (χ4v) is 1.92. The smallest absolute Gasteiger partial charge is 0.212 e. The summed E-state index contributed by atoms with van der Waals surface area (Å²) < 4.78 is 1.71. The third-order valence-corrected chi connectivity index (χ3v) is 2.83. The van der Waals surface area contributed by atoms with E-state index in [0.717, 1.165) is 13.0 Å². The Morgan fingerprint density at radius 2 is 2.12 bits per heavy atom. The van der Waals surface area contributed by atoms with E-state index in [2.05, 4.69) is 5.10 Å². The second-order valence-electron chi connectivity index (χ2n) is 3.75. The standard InChI is InChI=1S/C13H13ClN2O/c1-2-9-16-12(7-8-15-16)13(17)10-5-3-4-6-11(10)14/h3-8H,2,9H2,1H3. The van der Waals surface area contributed by atoms with Crippen LogP contribution in [0.3, 0.4) is 0 Å². The number of nitrogens with zero attached hydrogens (tertiary/aromatic N) is 2. The number of aromatic nitrogens is 2. The Morgan fingerprint density at radius 1 is 1.35 bits per heavy atom. The molecule has 1 aromatic carbocycles. The Morgan fingerprint density at radius 3 is 2.82 bits per heavy atom. The molecule has 88 valence electrons. The molecule has 0 N–H and O–H groups in total. The maximum absolute atomic E-state index is 12.3. The first-order valence-electron chi connectivity index (χ1n) is 5.55. The largest absolute Gasteiger partial charge is 0.287 e. The molecular formula is C13H13ClN2O. The van der Waals surface area contributed by atoms with E-state index in [-0.39, 0.29) is 5.78 Å². The third-order valence-electron chi connectivity index (χ3n) is 2.50. The Labute approximate surface area is 105 Å². The Kier molecular flexibility index (Phi) is 3.59. The zero-order valence-electron chi connectivity index (χ0n) is 9.56. The van der Waals surface area contributed by atoms with Crippen molar-refractivity contribution in [2.24, 2.45) is 0 Å². The van der Waals surface area contributed by atoms with Crippen molar-refractivity contribution in [3.63, 3.8) is 0 Å². The first kappa shape index (κ1) is 11.9. The molecule has 0 atom stereocenters. The van der Waals surface area contributed by atoms with Crippen LogP contribution in [0.5, 0.6) is 0 Å². The molecule has 0 bridgehead atoms. The van der Waals surface area contributed by atoms with Gasteiger partial charge in [-0.2, -0.15) is 5.10 Å². The number of hydrogen-bond donors (Lipinski definition) is 0. The molecule has 0 spiro atoms. The summed E-state index contributed by atoms with van der Waals surface area (Å²) in [5.41, 5.74) is 1.10. The van der Waals surface area contributed by atoms with Crippen molar-refractivity contribution in [1.29, 1.82) is 0 Å². The highest BCUT2D eigenvalue weighted by atomic mass is 35.5. The number of halogens is 1. The van der Waals surface area contributed by atoms with Crippen LogP contribution in [0.2, 0.25) is 5.02 Å². The van der Waals surface area contributed by atoms with Gasteiger partial charge in [-0.1, -0.05) is 30.7 Å². The number of carbonyl (C=O) groups excluding carboxylic acids is 1. The van der Waals surface area contributed by atoms with Gasteiger partial charge in [0, 0.05) is 18.3 Å². The van der Waals surface area contributed by atoms with Crippen molar-refractivity contribution < 1.29 is 4.79 Å². The van der Waals surface area contributed by atoms with Crippen LogP contribution in [0.25, 0.3) is 0 Å². The SMILES string of the molecule is CCCn1nccc1C(=O)c1ccccc1Cl. The normalized spacial score (nSPS) is 10.5. The molecule has 1 aromatic heterocycles. The van der Waals surface area contributed by atoms with Crippen LogP contribution in [0.1, 0.15) is 29.4 Å². The number of benzene rings is 1. The zero-order valence-corrected chi connectivity index (χ0v) is 10.3. The summed E-state index contributed by atoms with van der Waals surface area (Å²) in [6, 6.07) is 8.78. The van der Waals surface area contributed by atoms with Crippen molar-refractivity contribution in [2.75, 3.05) is 0 Å². The van der Waals surface area contributed by atoms with E-state index in [1.807, 2.05) is 13.0 Å². The lowest BCUT2D eigenvalue weighted by Gasteiger charge is -2.06. The van der Waals surface area contributed by atoms with Crippen LogP contribution >= 0.6 is 11.6 Å². The number of rotatable bonds is 4. The first-order valence-corrected chi connectivity index (χ1v) is 5.93. The molecule has 0 aliphatic rings. The van der Waals surface area contributed by atoms with Gasteiger partial charge in [-0.3, -0.25) is 9.48 Å². The van der Waals surface area contributed by atoms with Gasteiger partial charge in [-0.15, -0.1) is 0 Å². The molecule has 3 nitrogen and oxygen atoms in total. The van der Waals surface area contributed by atoms with E-state index < -0.39 is 0 Å². The van der Waals surface area contributed by atoms with E-state index >= 15 is 0 Å². The number of hydrogen-bond acceptors (Lipinski definition) is 2. The molecule has 0 fully saturated rings. The van der Waals surface area contributed by atoms with E-state index in [9.17, 15) is 4.79 Å². The summed E-state index contributed by atoms with van der Waals surface area (Å²) in [5.74, 6) is -0.0819. The van der Waals surface area contributed by atoms with Gasteiger partial charge in [0.05, 0.1) is 5.02 Å². The fraction of sp³-hybridized carbons (Fsp3) is 0.231. The van der Waals surface area contributed by atoms with Crippen LogP contribution in [0.15, 0.2) is 36.5 Å². The molecular weight excluding hydrogens is 236 g/mol. The topological polar surface area (TPSA) is 34.9 Å². The molecule has 0 unspecified atom stereocenters. The lowest BCUT2D eigenvalue weighted by molar-refractivity contribution is 0.102. The maximum Gasteiger partial charge on any atom is 0.212 e. The van der Waals surface area contributed by atoms with Crippen LogP contribution < -0.4 is 0 Å². The molecule has 2 aromatic rings. The molecule has 0 saturated carbocycles. The minimum Gasteiger partial charge on any atom is -0.287 e. The molecule has 0 aliphatic carbocycles. The van der Waals surface area contributed by atoms with Crippen LogP contribution in [0, 0.1) is 0 Å². The van der Waals surface area contributed by atoms with E-state index in [4.69, 9.17) is 11.6 Å². The van der Waals surface area contributed by atoms with Crippen molar-refractivity contribution in [3.8, 4) is 0 Å². The molecule has 1 heterocycles. The number of carbonyl (C=O) groups is 1. The molecule has 4 heteroatoms. The second-order valence-corrected chi connectivity index (χ2v) is 4.16. The predicted octanol–water partition coefficient (Wildman–Crippen LogP) is 3.18. The molecule has 0 saturated heterocycles. The summed E-state index contributed by atoms with van der Waals surface area (Å²) in [5, 5.41) is 4.61. The number of aryl methyl sites for hydroxylation is 1. The fourth-order valence-electron chi connectivity index (χ4n) is 1.70. The van der Waals surface area contributed by atoms with Crippen molar-refractivity contribution in [2.45, 2.75) is 19.9 Å². The van der Waals surface area contributed by atoms with Gasteiger partial charge in [-0.25, -0.2) is 0 Å². The van der Waals surface area contributed by atoms with Crippen LogP contribution in [0.4, 0.5) is 0 Å². The summed E-state index contributed by atoms with van der Waals surface area (Å²) in [6.45, 7) is 2.78. The van der Waals surface area contributed by atoms with E-state index in [1.54, 1.807) is 35.1 Å². The highest BCUT2D eigenvalue weighted by Gasteiger charge is 2.16. The zero-order chi connectivity index (χ0) is 12.3. The second kappa shape index (κ2) is 5.15. The van der Waals surface area contributed by atoms with E-state index in [1.165, 1.54) is 0 Å². The summed E-state index contributed by atoms with van der Waals surface area (Å²) in [6.07, 6.45) is 2.57. The summed E-state index contributed by atoms with van der Waals surface area (Å²) >= 11 is 6.01. The van der Waals surface area contributed by atoms with Gasteiger partial charge >= 0.3 is 0 Å². The van der Waals surface area contributed by atoms with Crippen LogP contribution in [-0.4, -0.2) is 15.6 Å². The molecule has 17 heavy (non-hydrogen) atoms. The highest BCUT2D eigenvalue weighted by molar-refractivity contribution is 6.34. The third kappa shape index (κ3) is 2.39. The first-order chi connectivity index (χ1) is 8.24. The van der Waals surface area contributed by atoms with Gasteiger partial charge in [0.2, 0.25) is 5.78 Å². The van der Waals surface area contributed by atoms with Crippen molar-refractivity contribution in [3.05, 3.63) is 52.8 Å². The highest BCUT2D eigenvalue weighted by Crippen LogP contribution is 2.18.